The van der Waals surface area contributed by atoms with Crippen molar-refractivity contribution in [3.05, 3.63) is 216 Å². The van der Waals surface area contributed by atoms with Crippen LogP contribution in [0.5, 0.6) is 0 Å². The Bertz CT molecular complexity index is 3410. The van der Waals surface area contributed by atoms with Crippen molar-refractivity contribution in [2.75, 3.05) is 0 Å². The van der Waals surface area contributed by atoms with Gasteiger partial charge >= 0.3 is 0 Å². The summed E-state index contributed by atoms with van der Waals surface area (Å²) >= 11 is 0. The first-order chi connectivity index (χ1) is 29.3. The molecule has 60 heavy (non-hydrogen) atoms. The molecule has 0 aliphatic heterocycles. The largest absolute Gasteiger partial charge is 0.0619 e. The zero-order chi connectivity index (χ0) is 40.3. The molecule has 10 aromatic carbocycles. The third-order valence-corrected chi connectivity index (χ3v) is 14.1. The average molecular weight is 765 g/mol. The summed E-state index contributed by atoms with van der Waals surface area (Å²) < 4.78 is 0. The molecule has 12 rings (SSSR count). The van der Waals surface area contributed by atoms with Gasteiger partial charge in [0.05, 0.1) is 0 Å². The van der Waals surface area contributed by atoms with Crippen LogP contribution >= 0.6 is 0 Å². The fraction of sp³-hybridized carbons (Fsp3) is 0.100. The van der Waals surface area contributed by atoms with Crippen molar-refractivity contribution >= 4 is 32.3 Å². The normalized spacial score (nSPS) is 14.3. The van der Waals surface area contributed by atoms with Crippen LogP contribution in [-0.4, -0.2) is 0 Å². The standard InChI is InChI=1S/C60H44/c1-59(2)53-19-11-9-15-45(53)47-30-27-43(35-55(47)59)38-21-24-39(25-22-38)57-49-17-7-8-18-50(49)58(44-29-31-48-46-16-10-12-20-54(46)60(3,4)56(48)36-44)52-34-42(28-32-51(52)57)41-26-23-37-13-5-6-14-40(37)33-41/h5-36H,1-4H3. The minimum atomic E-state index is -0.0932. The Morgan fingerprint density at radius 1 is 0.250 bits per heavy atom. The van der Waals surface area contributed by atoms with Gasteiger partial charge in [-0.25, -0.2) is 0 Å². The number of fused-ring (bicyclic) bond motifs is 9. The summed E-state index contributed by atoms with van der Waals surface area (Å²) in [6.45, 7) is 9.48. The van der Waals surface area contributed by atoms with E-state index >= 15 is 0 Å². The molecule has 10 aromatic rings. The van der Waals surface area contributed by atoms with Crippen molar-refractivity contribution in [2.45, 2.75) is 38.5 Å². The van der Waals surface area contributed by atoms with Gasteiger partial charge in [-0.15, -0.1) is 0 Å². The molecule has 0 radical (unpaired) electrons. The van der Waals surface area contributed by atoms with Gasteiger partial charge in [0, 0.05) is 10.8 Å². The summed E-state index contributed by atoms with van der Waals surface area (Å²) in [7, 11) is 0. The Morgan fingerprint density at radius 3 is 1.33 bits per heavy atom. The second-order valence-electron chi connectivity index (χ2n) is 18.1. The van der Waals surface area contributed by atoms with E-state index in [1.54, 1.807) is 0 Å². The predicted molar refractivity (Wildman–Crippen MR) is 256 cm³/mol. The molecule has 0 saturated carbocycles. The van der Waals surface area contributed by atoms with Gasteiger partial charge in [-0.05, 0) is 146 Å². The van der Waals surface area contributed by atoms with Crippen LogP contribution in [0, 0.1) is 0 Å². The van der Waals surface area contributed by atoms with Crippen LogP contribution in [0.3, 0.4) is 0 Å². The highest BCUT2D eigenvalue weighted by Crippen LogP contribution is 2.53. The lowest BCUT2D eigenvalue weighted by molar-refractivity contribution is 0.660. The molecule has 0 spiro atoms. The Hall–Kier alpha value is -7.02. The van der Waals surface area contributed by atoms with Crippen molar-refractivity contribution in [3.63, 3.8) is 0 Å². The van der Waals surface area contributed by atoms with Crippen LogP contribution < -0.4 is 0 Å². The molecule has 0 fully saturated rings. The Balaban J connectivity index is 1.05. The van der Waals surface area contributed by atoms with Crippen molar-refractivity contribution in [1.82, 2.24) is 0 Å². The van der Waals surface area contributed by atoms with E-state index in [9.17, 15) is 0 Å². The zero-order valence-electron chi connectivity index (χ0n) is 34.5. The SMILES string of the molecule is CC1(C)c2ccccc2-c2ccc(-c3ccc(-c4c5ccccc5c(-c5ccc6c(c5)C(C)(C)c5ccccc5-6)c5cc(-c6ccc7ccccc7c6)ccc45)cc3)cc21. The van der Waals surface area contributed by atoms with Crippen molar-refractivity contribution in [3.8, 4) is 66.8 Å². The van der Waals surface area contributed by atoms with E-state index in [0.29, 0.717) is 0 Å². The number of rotatable bonds is 4. The molecular formula is C60H44. The topological polar surface area (TPSA) is 0 Å². The Kier molecular flexibility index (Phi) is 7.42. The maximum absolute atomic E-state index is 2.49. The van der Waals surface area contributed by atoms with Gasteiger partial charge < -0.3 is 0 Å². The minimum absolute atomic E-state index is 0.0360. The van der Waals surface area contributed by atoms with Crippen molar-refractivity contribution < 1.29 is 0 Å². The number of benzene rings is 10. The van der Waals surface area contributed by atoms with E-state index in [1.807, 2.05) is 0 Å². The van der Waals surface area contributed by atoms with E-state index in [0.717, 1.165) is 0 Å². The van der Waals surface area contributed by atoms with Gasteiger partial charge in [0.15, 0.2) is 0 Å². The van der Waals surface area contributed by atoms with Crippen LogP contribution in [-0.2, 0) is 10.8 Å². The molecule has 0 saturated heterocycles. The minimum Gasteiger partial charge on any atom is -0.0619 e. The van der Waals surface area contributed by atoms with Gasteiger partial charge in [0.2, 0.25) is 0 Å². The van der Waals surface area contributed by atoms with Crippen LogP contribution in [0.25, 0.3) is 99.1 Å². The lowest BCUT2D eigenvalue weighted by atomic mass is 9.80. The first kappa shape index (κ1) is 35.0. The summed E-state index contributed by atoms with van der Waals surface area (Å²) in [6.07, 6.45) is 0. The molecule has 0 amide bonds. The average Bonchev–Trinajstić information content (AvgIpc) is 3.66. The first-order valence-corrected chi connectivity index (χ1v) is 21.3. The smallest absolute Gasteiger partial charge is 0.0159 e. The molecule has 0 N–H and O–H groups in total. The van der Waals surface area contributed by atoms with Gasteiger partial charge in [-0.1, -0.05) is 198 Å². The molecule has 0 unspecified atom stereocenters. The predicted octanol–water partition coefficient (Wildman–Crippen LogP) is 16.4. The fourth-order valence-corrected chi connectivity index (χ4v) is 10.9. The van der Waals surface area contributed by atoms with Gasteiger partial charge in [-0.2, -0.15) is 0 Å². The third-order valence-electron chi connectivity index (χ3n) is 14.1. The monoisotopic (exact) mass is 764 g/mol. The van der Waals surface area contributed by atoms with Crippen LogP contribution in [0.15, 0.2) is 194 Å². The van der Waals surface area contributed by atoms with Crippen molar-refractivity contribution in [1.29, 1.82) is 0 Å². The molecule has 0 atom stereocenters. The lowest BCUT2D eigenvalue weighted by Crippen LogP contribution is -2.14. The highest BCUT2D eigenvalue weighted by molar-refractivity contribution is 6.22. The number of hydrogen-bond donors (Lipinski definition) is 0. The summed E-state index contributed by atoms with van der Waals surface area (Å²) in [6, 6.07) is 73.2. The summed E-state index contributed by atoms with van der Waals surface area (Å²) in [5.41, 5.74) is 20.9. The van der Waals surface area contributed by atoms with Gasteiger partial charge in [-0.3, -0.25) is 0 Å². The second-order valence-corrected chi connectivity index (χ2v) is 18.1. The lowest BCUT2D eigenvalue weighted by Gasteiger charge is -2.23. The highest BCUT2D eigenvalue weighted by atomic mass is 14.4. The molecule has 0 bridgehead atoms. The molecule has 0 heterocycles. The van der Waals surface area contributed by atoms with Crippen LogP contribution in [0.2, 0.25) is 0 Å². The second kappa shape index (κ2) is 12.7. The maximum Gasteiger partial charge on any atom is 0.0159 e. The van der Waals surface area contributed by atoms with Crippen LogP contribution in [0.1, 0.15) is 49.9 Å². The van der Waals surface area contributed by atoms with Gasteiger partial charge in [0.25, 0.3) is 0 Å². The first-order valence-electron chi connectivity index (χ1n) is 21.3. The Labute approximate surface area is 352 Å². The fourth-order valence-electron chi connectivity index (χ4n) is 10.9. The molecule has 0 nitrogen and oxygen atoms in total. The molecule has 2 aliphatic carbocycles. The van der Waals surface area contributed by atoms with E-state index < -0.39 is 0 Å². The van der Waals surface area contributed by atoms with E-state index in [4.69, 9.17) is 0 Å². The molecule has 284 valence electrons. The maximum atomic E-state index is 2.49. The quantitative estimate of drug-likeness (QED) is 0.157. The molecule has 0 aromatic heterocycles. The summed E-state index contributed by atoms with van der Waals surface area (Å²) in [5, 5.41) is 7.59. The zero-order valence-corrected chi connectivity index (χ0v) is 34.5. The number of hydrogen-bond acceptors (Lipinski definition) is 0. The Morgan fingerprint density at radius 2 is 0.667 bits per heavy atom. The summed E-state index contributed by atoms with van der Waals surface area (Å²) in [5.74, 6) is 0. The molecule has 0 heteroatoms. The van der Waals surface area contributed by atoms with E-state index in [1.165, 1.54) is 121 Å². The highest BCUT2D eigenvalue weighted by Gasteiger charge is 2.36. The molecular weight excluding hydrogens is 721 g/mol. The molecule has 2 aliphatic rings. The van der Waals surface area contributed by atoms with E-state index in [-0.39, 0.29) is 10.8 Å². The summed E-state index contributed by atoms with van der Waals surface area (Å²) in [4.78, 5) is 0. The van der Waals surface area contributed by atoms with Crippen LogP contribution in [0.4, 0.5) is 0 Å². The van der Waals surface area contributed by atoms with Gasteiger partial charge in [0.1, 0.15) is 0 Å². The van der Waals surface area contributed by atoms with E-state index in [2.05, 4.69) is 222 Å². The third kappa shape index (κ3) is 5.04. The van der Waals surface area contributed by atoms with Crippen molar-refractivity contribution in [2.24, 2.45) is 0 Å².